The summed E-state index contributed by atoms with van der Waals surface area (Å²) in [5.74, 6) is -0.470. The Bertz CT molecular complexity index is 289. The molecule has 0 atom stereocenters. The van der Waals surface area contributed by atoms with Crippen LogP contribution in [0.4, 0.5) is 4.39 Å². The van der Waals surface area contributed by atoms with Gasteiger partial charge in [-0.3, -0.25) is 0 Å². The van der Waals surface area contributed by atoms with E-state index < -0.39 is 5.95 Å². The van der Waals surface area contributed by atoms with Crippen LogP contribution in [0.2, 0.25) is 0 Å². The molecule has 0 N–H and O–H groups in total. The molecule has 1 aromatic heterocycles. The molecule has 0 saturated heterocycles. The van der Waals surface area contributed by atoms with E-state index in [1.54, 1.807) is 13.1 Å². The summed E-state index contributed by atoms with van der Waals surface area (Å²) in [6.45, 7) is 7.80. The predicted molar refractivity (Wildman–Crippen MR) is 45.4 cm³/mol. The molecule has 12 heavy (non-hydrogen) atoms. The predicted octanol–water partition coefficient (Wildman–Crippen LogP) is 2.22. The SMILES string of the molecule is Cc1c(C(C)(C)C)cnnc1F. The second-order valence-electron chi connectivity index (χ2n) is 3.92. The second-order valence-corrected chi connectivity index (χ2v) is 3.92. The third-order valence-electron chi connectivity index (χ3n) is 1.85. The maximum absolute atomic E-state index is 12.9. The summed E-state index contributed by atoms with van der Waals surface area (Å²) in [5, 5.41) is 6.92. The van der Waals surface area contributed by atoms with Crippen molar-refractivity contribution in [2.45, 2.75) is 33.1 Å². The fourth-order valence-corrected chi connectivity index (χ4v) is 1.18. The van der Waals surface area contributed by atoms with E-state index in [4.69, 9.17) is 0 Å². The van der Waals surface area contributed by atoms with Crippen molar-refractivity contribution in [2.75, 3.05) is 0 Å². The first-order valence-corrected chi connectivity index (χ1v) is 3.91. The van der Waals surface area contributed by atoms with Crippen molar-refractivity contribution in [2.24, 2.45) is 0 Å². The van der Waals surface area contributed by atoms with Gasteiger partial charge in [0.1, 0.15) is 0 Å². The fraction of sp³-hybridized carbons (Fsp3) is 0.556. The van der Waals surface area contributed by atoms with Crippen molar-refractivity contribution < 1.29 is 4.39 Å². The second kappa shape index (κ2) is 2.81. The van der Waals surface area contributed by atoms with Crippen LogP contribution in [0.25, 0.3) is 0 Å². The summed E-state index contributed by atoms with van der Waals surface area (Å²) in [6, 6.07) is 0. The lowest BCUT2D eigenvalue weighted by Gasteiger charge is -2.20. The number of hydrogen-bond donors (Lipinski definition) is 0. The molecule has 66 valence electrons. The van der Waals surface area contributed by atoms with Gasteiger partial charge < -0.3 is 0 Å². The van der Waals surface area contributed by atoms with Gasteiger partial charge in [-0.2, -0.15) is 9.49 Å². The minimum Gasteiger partial charge on any atom is -0.183 e. The quantitative estimate of drug-likeness (QED) is 0.593. The molecule has 0 fully saturated rings. The zero-order valence-electron chi connectivity index (χ0n) is 7.85. The summed E-state index contributed by atoms with van der Waals surface area (Å²) in [5.41, 5.74) is 1.44. The van der Waals surface area contributed by atoms with Crippen LogP contribution in [0.5, 0.6) is 0 Å². The lowest BCUT2D eigenvalue weighted by molar-refractivity contribution is 0.521. The van der Waals surface area contributed by atoms with Crippen molar-refractivity contribution >= 4 is 0 Å². The van der Waals surface area contributed by atoms with E-state index in [0.29, 0.717) is 5.56 Å². The third-order valence-corrected chi connectivity index (χ3v) is 1.85. The van der Waals surface area contributed by atoms with Crippen LogP contribution < -0.4 is 0 Å². The standard InChI is InChI=1S/C9H13FN2/c1-6-7(9(2,3)4)5-11-12-8(6)10/h5H,1-4H3. The van der Waals surface area contributed by atoms with E-state index in [-0.39, 0.29) is 5.41 Å². The summed E-state index contributed by atoms with van der Waals surface area (Å²) < 4.78 is 12.9. The molecule has 0 bridgehead atoms. The average Bonchev–Trinajstić information content (AvgIpc) is 1.92. The van der Waals surface area contributed by atoms with Crippen LogP contribution in [0.3, 0.4) is 0 Å². The number of aromatic nitrogens is 2. The number of halogens is 1. The van der Waals surface area contributed by atoms with Gasteiger partial charge in [0, 0.05) is 5.56 Å². The minimum atomic E-state index is -0.470. The molecule has 1 heterocycles. The van der Waals surface area contributed by atoms with Gasteiger partial charge in [0.25, 0.3) is 0 Å². The van der Waals surface area contributed by atoms with Crippen molar-refractivity contribution in [3.05, 3.63) is 23.3 Å². The highest BCUT2D eigenvalue weighted by Crippen LogP contribution is 2.24. The van der Waals surface area contributed by atoms with Crippen molar-refractivity contribution in [1.82, 2.24) is 10.2 Å². The third kappa shape index (κ3) is 1.60. The first kappa shape index (κ1) is 9.10. The molecule has 0 aromatic carbocycles. The van der Waals surface area contributed by atoms with Crippen LogP contribution in [0, 0.1) is 12.9 Å². The Labute approximate surface area is 71.8 Å². The Morgan fingerprint density at radius 1 is 1.33 bits per heavy atom. The van der Waals surface area contributed by atoms with Gasteiger partial charge in [0.2, 0.25) is 5.95 Å². The Morgan fingerprint density at radius 3 is 2.33 bits per heavy atom. The largest absolute Gasteiger partial charge is 0.236 e. The summed E-state index contributed by atoms with van der Waals surface area (Å²) in [4.78, 5) is 0. The Balaban J connectivity index is 3.26. The summed E-state index contributed by atoms with van der Waals surface area (Å²) in [7, 11) is 0. The number of rotatable bonds is 0. The molecule has 0 spiro atoms. The fourth-order valence-electron chi connectivity index (χ4n) is 1.18. The van der Waals surface area contributed by atoms with Gasteiger partial charge >= 0.3 is 0 Å². The molecule has 0 unspecified atom stereocenters. The van der Waals surface area contributed by atoms with Crippen LogP contribution in [0.15, 0.2) is 6.20 Å². The molecule has 0 aliphatic heterocycles. The van der Waals surface area contributed by atoms with Gasteiger partial charge in [-0.1, -0.05) is 20.8 Å². The molecule has 0 amide bonds. The minimum absolute atomic E-state index is 0.0686. The van der Waals surface area contributed by atoms with Gasteiger partial charge in [0.05, 0.1) is 6.20 Å². The van der Waals surface area contributed by atoms with Gasteiger partial charge in [-0.05, 0) is 17.9 Å². The van der Waals surface area contributed by atoms with Crippen LogP contribution in [0.1, 0.15) is 31.9 Å². The maximum Gasteiger partial charge on any atom is 0.236 e. The van der Waals surface area contributed by atoms with Crippen molar-refractivity contribution in [3.63, 3.8) is 0 Å². The van der Waals surface area contributed by atoms with E-state index in [0.717, 1.165) is 5.56 Å². The van der Waals surface area contributed by atoms with E-state index in [1.807, 2.05) is 20.8 Å². The van der Waals surface area contributed by atoms with Crippen molar-refractivity contribution in [3.8, 4) is 0 Å². The molecular formula is C9H13FN2. The van der Waals surface area contributed by atoms with Crippen LogP contribution >= 0.6 is 0 Å². The number of hydrogen-bond acceptors (Lipinski definition) is 2. The molecule has 1 aromatic rings. The normalized spacial score (nSPS) is 11.8. The Kier molecular flexibility index (Phi) is 2.13. The highest BCUT2D eigenvalue weighted by molar-refractivity contribution is 5.26. The lowest BCUT2D eigenvalue weighted by Crippen LogP contribution is -2.15. The molecule has 1 rings (SSSR count). The van der Waals surface area contributed by atoms with Gasteiger partial charge in [0.15, 0.2) is 0 Å². The average molecular weight is 168 g/mol. The van der Waals surface area contributed by atoms with Gasteiger partial charge in [-0.25, -0.2) is 0 Å². The van der Waals surface area contributed by atoms with E-state index in [1.165, 1.54) is 0 Å². The number of nitrogens with zero attached hydrogens (tertiary/aromatic N) is 2. The summed E-state index contributed by atoms with van der Waals surface area (Å²) >= 11 is 0. The first-order valence-electron chi connectivity index (χ1n) is 3.91. The molecule has 3 heteroatoms. The topological polar surface area (TPSA) is 25.8 Å². The molecule has 0 saturated carbocycles. The molecule has 0 aliphatic rings. The molecular weight excluding hydrogens is 155 g/mol. The monoisotopic (exact) mass is 168 g/mol. The molecule has 2 nitrogen and oxygen atoms in total. The smallest absolute Gasteiger partial charge is 0.183 e. The summed E-state index contributed by atoms with van der Waals surface area (Å²) in [6.07, 6.45) is 1.62. The molecule has 0 radical (unpaired) electrons. The highest BCUT2D eigenvalue weighted by atomic mass is 19.1. The zero-order chi connectivity index (χ0) is 9.35. The first-order chi connectivity index (χ1) is 5.43. The van der Waals surface area contributed by atoms with E-state index in [2.05, 4.69) is 10.2 Å². The van der Waals surface area contributed by atoms with Crippen LogP contribution in [-0.2, 0) is 5.41 Å². The maximum atomic E-state index is 12.9. The molecule has 0 aliphatic carbocycles. The van der Waals surface area contributed by atoms with Gasteiger partial charge in [-0.15, -0.1) is 5.10 Å². The lowest BCUT2D eigenvalue weighted by atomic mass is 9.86. The van der Waals surface area contributed by atoms with E-state index >= 15 is 0 Å². The van der Waals surface area contributed by atoms with Crippen LogP contribution in [-0.4, -0.2) is 10.2 Å². The van der Waals surface area contributed by atoms with Crippen molar-refractivity contribution in [1.29, 1.82) is 0 Å². The van der Waals surface area contributed by atoms with E-state index in [9.17, 15) is 4.39 Å². The zero-order valence-corrected chi connectivity index (χ0v) is 7.85. The Hall–Kier alpha value is -0.990. The Morgan fingerprint density at radius 2 is 1.92 bits per heavy atom. The highest BCUT2D eigenvalue weighted by Gasteiger charge is 2.18.